The number of nitrogens with one attached hydrogen (secondary N) is 2. The molecule has 2 N–H and O–H groups in total. The number of hydrazine groups is 1. The quantitative estimate of drug-likeness (QED) is 0.434. The highest BCUT2D eigenvalue weighted by molar-refractivity contribution is 5.94. The number of carbonyl (C=O) groups is 1. The van der Waals surface area contributed by atoms with Crippen LogP contribution in [-0.4, -0.2) is 16.9 Å². The highest BCUT2D eigenvalue weighted by Crippen LogP contribution is 2.11. The number of nitrogens with zero attached hydrogens (tertiary/aromatic N) is 2. The topological polar surface area (TPSA) is 108 Å². The van der Waals surface area contributed by atoms with E-state index in [1.165, 1.54) is 24.3 Å². The van der Waals surface area contributed by atoms with E-state index in [0.717, 1.165) is 19.3 Å². The molecule has 0 aliphatic carbocycles. The maximum absolute atomic E-state index is 11.8. The van der Waals surface area contributed by atoms with Crippen molar-refractivity contribution in [2.75, 3.05) is 0 Å². The summed E-state index contributed by atoms with van der Waals surface area (Å²) in [7, 11) is 0. The largest absolute Gasteiger partial charge is 0.286 e. The Hall–Kier alpha value is -2.46. The van der Waals surface area contributed by atoms with Gasteiger partial charge in [-0.25, -0.2) is 5.43 Å². The third-order valence-corrected chi connectivity index (χ3v) is 2.95. The minimum Gasteiger partial charge on any atom is -0.286 e. The van der Waals surface area contributed by atoms with Gasteiger partial charge in [-0.05, 0) is 18.6 Å². The van der Waals surface area contributed by atoms with Crippen molar-refractivity contribution in [2.45, 2.75) is 38.6 Å². The van der Waals surface area contributed by atoms with Crippen LogP contribution in [0.15, 0.2) is 24.3 Å². The molecule has 0 spiro atoms. The highest BCUT2D eigenvalue weighted by atomic mass is 16.6. The van der Waals surface area contributed by atoms with Crippen molar-refractivity contribution >= 4 is 11.6 Å². The van der Waals surface area contributed by atoms with Gasteiger partial charge >= 0.3 is 0 Å². The standard InChI is InChI=1S/C14H18N4O3/c1-2-3-4-5-12(10-15)16-17-14(19)11-6-8-13(9-7-11)18(20)21/h6-9,12,16H,2-5H2,1H3,(H,17,19)/t12-/m1/s1. The van der Waals surface area contributed by atoms with Crippen LogP contribution in [-0.2, 0) is 0 Å². The fourth-order valence-electron chi connectivity index (χ4n) is 1.73. The van der Waals surface area contributed by atoms with Crippen molar-refractivity contribution in [3.05, 3.63) is 39.9 Å². The molecule has 0 radical (unpaired) electrons. The van der Waals surface area contributed by atoms with Crippen molar-refractivity contribution in [2.24, 2.45) is 0 Å². The molecule has 0 unspecified atom stereocenters. The predicted molar refractivity (Wildman–Crippen MR) is 77.2 cm³/mol. The minimum absolute atomic E-state index is 0.0750. The van der Waals surface area contributed by atoms with E-state index in [-0.39, 0.29) is 5.69 Å². The first-order valence-electron chi connectivity index (χ1n) is 6.78. The van der Waals surface area contributed by atoms with Crippen LogP contribution >= 0.6 is 0 Å². The molecule has 0 saturated carbocycles. The molecule has 1 amide bonds. The molecule has 0 aromatic heterocycles. The summed E-state index contributed by atoms with van der Waals surface area (Å²) in [6.45, 7) is 2.07. The summed E-state index contributed by atoms with van der Waals surface area (Å²) in [6, 6.07) is 6.89. The van der Waals surface area contributed by atoms with Crippen LogP contribution in [0.3, 0.4) is 0 Å². The zero-order chi connectivity index (χ0) is 15.7. The Labute approximate surface area is 123 Å². The Morgan fingerprint density at radius 1 is 1.38 bits per heavy atom. The van der Waals surface area contributed by atoms with Crippen LogP contribution in [0.25, 0.3) is 0 Å². The Morgan fingerprint density at radius 3 is 2.57 bits per heavy atom. The molecule has 1 aromatic carbocycles. The molecule has 21 heavy (non-hydrogen) atoms. The second kappa shape index (κ2) is 8.66. The molecule has 0 aliphatic rings. The van der Waals surface area contributed by atoms with Gasteiger partial charge in [0, 0.05) is 17.7 Å². The number of non-ortho nitro benzene ring substituents is 1. The summed E-state index contributed by atoms with van der Waals surface area (Å²) in [6.07, 6.45) is 3.67. The van der Waals surface area contributed by atoms with E-state index in [9.17, 15) is 14.9 Å². The summed E-state index contributed by atoms with van der Waals surface area (Å²) >= 11 is 0. The van der Waals surface area contributed by atoms with E-state index in [4.69, 9.17) is 5.26 Å². The number of nitro groups is 1. The summed E-state index contributed by atoms with van der Waals surface area (Å²) in [5, 5.41) is 19.5. The molecule has 0 bridgehead atoms. The molecular formula is C14H18N4O3. The fourth-order valence-corrected chi connectivity index (χ4v) is 1.73. The first kappa shape index (κ1) is 16.6. The lowest BCUT2D eigenvalue weighted by atomic mass is 10.1. The highest BCUT2D eigenvalue weighted by Gasteiger charge is 2.11. The molecule has 1 atom stereocenters. The monoisotopic (exact) mass is 290 g/mol. The second-order valence-electron chi connectivity index (χ2n) is 4.58. The van der Waals surface area contributed by atoms with Gasteiger partial charge in [0.2, 0.25) is 0 Å². The molecule has 112 valence electrons. The van der Waals surface area contributed by atoms with Crippen molar-refractivity contribution in [1.29, 1.82) is 5.26 Å². The maximum Gasteiger partial charge on any atom is 0.269 e. The van der Waals surface area contributed by atoms with Crippen LogP contribution in [0, 0.1) is 21.4 Å². The van der Waals surface area contributed by atoms with Crippen LogP contribution in [0.4, 0.5) is 5.69 Å². The SMILES string of the molecule is CCCCC[C@H](C#N)NNC(=O)c1ccc([N+](=O)[O-])cc1. The van der Waals surface area contributed by atoms with Crippen molar-refractivity contribution in [1.82, 2.24) is 10.9 Å². The zero-order valence-electron chi connectivity index (χ0n) is 11.8. The lowest BCUT2D eigenvalue weighted by Crippen LogP contribution is -2.43. The van der Waals surface area contributed by atoms with Gasteiger partial charge in [0.1, 0.15) is 6.04 Å². The van der Waals surface area contributed by atoms with Crippen LogP contribution in [0.5, 0.6) is 0 Å². The smallest absolute Gasteiger partial charge is 0.269 e. The number of nitriles is 1. The minimum atomic E-state index is -0.528. The van der Waals surface area contributed by atoms with Crippen molar-refractivity contribution < 1.29 is 9.72 Å². The number of hydrogen-bond acceptors (Lipinski definition) is 5. The molecule has 0 saturated heterocycles. The van der Waals surface area contributed by atoms with Gasteiger partial charge < -0.3 is 0 Å². The number of benzene rings is 1. The molecule has 1 rings (SSSR count). The number of unbranched alkanes of at least 4 members (excludes halogenated alkanes) is 2. The third kappa shape index (κ3) is 5.58. The lowest BCUT2D eigenvalue weighted by molar-refractivity contribution is -0.384. The van der Waals surface area contributed by atoms with E-state index in [0.29, 0.717) is 12.0 Å². The fraction of sp³-hybridized carbons (Fsp3) is 0.429. The van der Waals surface area contributed by atoms with E-state index in [2.05, 4.69) is 23.8 Å². The van der Waals surface area contributed by atoms with Gasteiger partial charge in [-0.15, -0.1) is 0 Å². The van der Waals surface area contributed by atoms with Gasteiger partial charge in [0.25, 0.3) is 11.6 Å². The zero-order valence-corrected chi connectivity index (χ0v) is 11.8. The summed E-state index contributed by atoms with van der Waals surface area (Å²) in [5.41, 5.74) is 5.33. The number of rotatable bonds is 8. The molecule has 7 nitrogen and oxygen atoms in total. The van der Waals surface area contributed by atoms with Crippen molar-refractivity contribution in [3.8, 4) is 6.07 Å². The molecule has 0 heterocycles. The van der Waals surface area contributed by atoms with Gasteiger partial charge in [-0.2, -0.15) is 5.26 Å². The first-order valence-corrected chi connectivity index (χ1v) is 6.78. The number of carbonyl (C=O) groups excluding carboxylic acids is 1. The maximum atomic E-state index is 11.8. The lowest BCUT2D eigenvalue weighted by Gasteiger charge is -2.12. The van der Waals surface area contributed by atoms with Gasteiger partial charge in [0.05, 0.1) is 11.0 Å². The van der Waals surface area contributed by atoms with Gasteiger partial charge in [-0.1, -0.05) is 26.2 Å². The Balaban J connectivity index is 2.49. The average molecular weight is 290 g/mol. The van der Waals surface area contributed by atoms with E-state index >= 15 is 0 Å². The molecule has 7 heteroatoms. The summed E-state index contributed by atoms with van der Waals surface area (Å²) < 4.78 is 0. The van der Waals surface area contributed by atoms with Crippen LogP contribution in [0.2, 0.25) is 0 Å². The van der Waals surface area contributed by atoms with Crippen LogP contribution < -0.4 is 10.9 Å². The molecular weight excluding hydrogens is 272 g/mol. The molecule has 0 fully saturated rings. The molecule has 1 aromatic rings. The Morgan fingerprint density at radius 2 is 2.05 bits per heavy atom. The van der Waals surface area contributed by atoms with Gasteiger partial charge in [0.15, 0.2) is 0 Å². The van der Waals surface area contributed by atoms with Gasteiger partial charge in [-0.3, -0.25) is 20.3 Å². The second-order valence-corrected chi connectivity index (χ2v) is 4.58. The average Bonchev–Trinajstić information content (AvgIpc) is 2.50. The summed E-state index contributed by atoms with van der Waals surface area (Å²) in [4.78, 5) is 21.8. The number of amides is 1. The first-order chi connectivity index (χ1) is 10.1. The van der Waals surface area contributed by atoms with E-state index < -0.39 is 16.9 Å². The summed E-state index contributed by atoms with van der Waals surface area (Å²) in [5.74, 6) is -0.430. The van der Waals surface area contributed by atoms with E-state index in [1.54, 1.807) is 0 Å². The predicted octanol–water partition coefficient (Wildman–Crippen LogP) is 2.30. The Kier molecular flexibility index (Phi) is 6.84. The van der Waals surface area contributed by atoms with Crippen molar-refractivity contribution in [3.63, 3.8) is 0 Å². The third-order valence-electron chi connectivity index (χ3n) is 2.95. The number of hydrogen-bond donors (Lipinski definition) is 2. The number of nitro benzene ring substituents is 1. The normalized spacial score (nSPS) is 11.4. The Bertz CT molecular complexity index is 522. The molecule has 0 aliphatic heterocycles. The van der Waals surface area contributed by atoms with E-state index in [1.807, 2.05) is 0 Å². The van der Waals surface area contributed by atoms with Crippen LogP contribution in [0.1, 0.15) is 43.0 Å².